The fraction of sp³-hybridized carbons (Fsp3) is 0.500. The molecule has 0 spiro atoms. The Kier molecular flexibility index (Phi) is 3.01. The van der Waals surface area contributed by atoms with Gasteiger partial charge >= 0.3 is 0 Å². The van der Waals surface area contributed by atoms with E-state index < -0.39 is 0 Å². The SMILES string of the molecule is Cc1ccc2c(c1)c1c3n2CC[NH+](CCC#N)[C@@H]3CCC1. The molecule has 21 heavy (non-hydrogen) atoms. The van der Waals surface area contributed by atoms with Gasteiger partial charge in [0.1, 0.15) is 6.04 Å². The van der Waals surface area contributed by atoms with E-state index in [4.69, 9.17) is 5.26 Å². The molecule has 3 nitrogen and oxygen atoms in total. The molecule has 1 aliphatic carbocycles. The van der Waals surface area contributed by atoms with E-state index in [2.05, 4.69) is 35.8 Å². The van der Waals surface area contributed by atoms with E-state index in [1.165, 1.54) is 35.7 Å². The minimum Gasteiger partial charge on any atom is -0.334 e. The number of aryl methyl sites for hydroxylation is 2. The number of hydrogen-bond acceptors (Lipinski definition) is 1. The highest BCUT2D eigenvalue weighted by Crippen LogP contribution is 2.37. The standard InChI is InChI=1S/C18H21N3/c1-13-6-7-16-15(12-13)14-4-2-5-17-18(14)21(16)11-10-20(17)9-3-8-19/h6-7,12,17H,2-5,9-11H2,1H3/p+1/t17-/m1/s1. The molecule has 0 bridgehead atoms. The van der Waals surface area contributed by atoms with Gasteiger partial charge in [0.2, 0.25) is 0 Å². The first kappa shape index (κ1) is 12.9. The largest absolute Gasteiger partial charge is 0.334 e. The Hall–Kier alpha value is -1.79. The molecule has 108 valence electrons. The van der Waals surface area contributed by atoms with E-state index in [0.29, 0.717) is 12.5 Å². The Balaban J connectivity index is 1.86. The van der Waals surface area contributed by atoms with Crippen LogP contribution in [0.25, 0.3) is 10.9 Å². The monoisotopic (exact) mass is 280 g/mol. The zero-order chi connectivity index (χ0) is 14.4. The molecule has 2 aliphatic rings. The van der Waals surface area contributed by atoms with E-state index in [1.807, 2.05) is 0 Å². The normalized spacial score (nSPS) is 23.8. The summed E-state index contributed by atoms with van der Waals surface area (Å²) >= 11 is 0. The lowest BCUT2D eigenvalue weighted by Crippen LogP contribution is -3.13. The molecule has 2 atom stereocenters. The van der Waals surface area contributed by atoms with Gasteiger partial charge < -0.3 is 9.47 Å². The van der Waals surface area contributed by atoms with Crippen molar-refractivity contribution >= 4 is 10.9 Å². The Morgan fingerprint density at radius 1 is 1.43 bits per heavy atom. The molecule has 0 fully saturated rings. The van der Waals surface area contributed by atoms with Gasteiger partial charge in [-0.1, -0.05) is 11.6 Å². The Bertz CT molecular complexity index is 735. The third-order valence-corrected chi connectivity index (χ3v) is 5.32. The van der Waals surface area contributed by atoms with E-state index in [-0.39, 0.29) is 0 Å². The summed E-state index contributed by atoms with van der Waals surface area (Å²) in [6.07, 6.45) is 4.48. The maximum Gasteiger partial charge on any atom is 0.129 e. The number of nitrogens with one attached hydrogen (secondary N) is 1. The highest BCUT2D eigenvalue weighted by Gasteiger charge is 2.37. The van der Waals surface area contributed by atoms with Gasteiger partial charge in [-0.3, -0.25) is 0 Å². The van der Waals surface area contributed by atoms with Gasteiger partial charge in [-0.15, -0.1) is 0 Å². The van der Waals surface area contributed by atoms with Crippen molar-refractivity contribution in [2.75, 3.05) is 13.1 Å². The first-order valence-corrected chi connectivity index (χ1v) is 8.12. The van der Waals surface area contributed by atoms with Crippen molar-refractivity contribution in [2.45, 2.75) is 45.2 Å². The van der Waals surface area contributed by atoms with Crippen molar-refractivity contribution in [3.63, 3.8) is 0 Å². The summed E-state index contributed by atoms with van der Waals surface area (Å²) in [6, 6.07) is 9.85. The fourth-order valence-electron chi connectivity index (χ4n) is 4.42. The zero-order valence-electron chi connectivity index (χ0n) is 12.7. The van der Waals surface area contributed by atoms with Gasteiger partial charge in [-0.05, 0) is 37.5 Å². The first-order chi connectivity index (χ1) is 10.3. The number of nitrogens with zero attached hydrogens (tertiary/aromatic N) is 2. The molecule has 4 rings (SSSR count). The van der Waals surface area contributed by atoms with Gasteiger partial charge in [0.05, 0.1) is 37.8 Å². The predicted octanol–water partition coefficient (Wildman–Crippen LogP) is 2.14. The van der Waals surface area contributed by atoms with Gasteiger partial charge in [-0.2, -0.15) is 5.26 Å². The number of hydrogen-bond donors (Lipinski definition) is 1. The molecule has 3 heteroatoms. The minimum atomic E-state index is 0.614. The molecule has 1 N–H and O–H groups in total. The third kappa shape index (κ3) is 1.90. The van der Waals surface area contributed by atoms with Crippen molar-refractivity contribution in [1.82, 2.24) is 4.57 Å². The molecular formula is C18H22N3+. The van der Waals surface area contributed by atoms with Crippen LogP contribution in [0, 0.1) is 18.3 Å². The fourth-order valence-corrected chi connectivity index (χ4v) is 4.42. The van der Waals surface area contributed by atoms with Crippen LogP contribution in [0.5, 0.6) is 0 Å². The summed E-state index contributed by atoms with van der Waals surface area (Å²) in [7, 11) is 0. The maximum absolute atomic E-state index is 8.90. The number of rotatable bonds is 2. The van der Waals surface area contributed by atoms with Gasteiger partial charge in [0.25, 0.3) is 0 Å². The second-order valence-corrected chi connectivity index (χ2v) is 6.55. The van der Waals surface area contributed by atoms with Crippen LogP contribution < -0.4 is 4.90 Å². The van der Waals surface area contributed by atoms with Crippen molar-refractivity contribution in [3.8, 4) is 6.07 Å². The molecule has 1 aromatic heterocycles. The second kappa shape index (κ2) is 4.89. The quantitative estimate of drug-likeness (QED) is 0.898. The molecule has 2 heterocycles. The second-order valence-electron chi connectivity index (χ2n) is 6.55. The number of quaternary nitrogens is 1. The van der Waals surface area contributed by atoms with E-state index in [9.17, 15) is 0 Å². The average Bonchev–Trinajstić information content (AvgIpc) is 2.82. The van der Waals surface area contributed by atoms with Crippen LogP contribution in [0.3, 0.4) is 0 Å². The van der Waals surface area contributed by atoms with Crippen LogP contribution in [0.2, 0.25) is 0 Å². The Morgan fingerprint density at radius 3 is 3.19 bits per heavy atom. The van der Waals surface area contributed by atoms with E-state index in [1.54, 1.807) is 16.2 Å². The topological polar surface area (TPSA) is 33.2 Å². The van der Waals surface area contributed by atoms with Crippen LogP contribution in [0.15, 0.2) is 18.2 Å². The number of benzene rings is 1. The first-order valence-electron chi connectivity index (χ1n) is 8.12. The molecule has 2 aromatic rings. The number of aromatic nitrogens is 1. The number of fused-ring (bicyclic) bond motifs is 3. The summed E-state index contributed by atoms with van der Waals surface area (Å²) in [5, 5.41) is 10.4. The molecule has 0 saturated carbocycles. The lowest BCUT2D eigenvalue weighted by Gasteiger charge is -2.36. The predicted molar refractivity (Wildman–Crippen MR) is 83.3 cm³/mol. The summed E-state index contributed by atoms with van der Waals surface area (Å²) in [6.45, 7) is 5.46. The van der Waals surface area contributed by atoms with Crippen molar-refractivity contribution < 1.29 is 4.90 Å². The molecule has 1 aromatic carbocycles. The lowest BCUT2D eigenvalue weighted by atomic mass is 9.89. The van der Waals surface area contributed by atoms with Crippen LogP contribution in [0.1, 0.15) is 42.1 Å². The highest BCUT2D eigenvalue weighted by atomic mass is 15.2. The maximum atomic E-state index is 8.90. The van der Waals surface area contributed by atoms with Crippen LogP contribution in [0.4, 0.5) is 0 Å². The van der Waals surface area contributed by atoms with Gasteiger partial charge in [0.15, 0.2) is 0 Å². The summed E-state index contributed by atoms with van der Waals surface area (Å²) in [5.41, 5.74) is 5.97. The van der Waals surface area contributed by atoms with E-state index >= 15 is 0 Å². The molecule has 0 amide bonds. The molecule has 0 saturated heterocycles. The number of nitriles is 1. The summed E-state index contributed by atoms with van der Waals surface area (Å²) in [5.74, 6) is 0. The van der Waals surface area contributed by atoms with Crippen molar-refractivity contribution in [2.24, 2.45) is 0 Å². The Morgan fingerprint density at radius 2 is 2.33 bits per heavy atom. The van der Waals surface area contributed by atoms with Gasteiger partial charge in [0, 0.05) is 17.3 Å². The third-order valence-electron chi connectivity index (χ3n) is 5.32. The smallest absolute Gasteiger partial charge is 0.129 e. The average molecular weight is 280 g/mol. The summed E-state index contributed by atoms with van der Waals surface area (Å²) < 4.78 is 2.57. The van der Waals surface area contributed by atoms with Crippen LogP contribution >= 0.6 is 0 Å². The molecule has 1 aliphatic heterocycles. The van der Waals surface area contributed by atoms with Crippen LogP contribution in [-0.2, 0) is 13.0 Å². The van der Waals surface area contributed by atoms with Crippen LogP contribution in [-0.4, -0.2) is 17.7 Å². The minimum absolute atomic E-state index is 0.614. The zero-order valence-corrected chi connectivity index (χ0v) is 12.7. The van der Waals surface area contributed by atoms with Crippen molar-refractivity contribution in [3.05, 3.63) is 35.0 Å². The molecular weight excluding hydrogens is 258 g/mol. The highest BCUT2D eigenvalue weighted by molar-refractivity contribution is 5.86. The van der Waals surface area contributed by atoms with Gasteiger partial charge in [-0.25, -0.2) is 0 Å². The Labute approximate surface area is 125 Å². The summed E-state index contributed by atoms with van der Waals surface area (Å²) in [4.78, 5) is 1.63. The molecule has 1 unspecified atom stereocenters. The molecule has 0 radical (unpaired) electrons. The van der Waals surface area contributed by atoms with Crippen molar-refractivity contribution in [1.29, 1.82) is 5.26 Å². The lowest BCUT2D eigenvalue weighted by molar-refractivity contribution is -0.936. The van der Waals surface area contributed by atoms with E-state index in [0.717, 1.165) is 19.6 Å².